The van der Waals surface area contributed by atoms with Gasteiger partial charge in [-0.1, -0.05) is 208 Å². The Morgan fingerprint density at radius 1 is 0.483 bits per heavy atom. The van der Waals surface area contributed by atoms with Crippen molar-refractivity contribution >= 4 is 145 Å². The van der Waals surface area contributed by atoms with Crippen LogP contribution >= 0.6 is 70.8 Å². The maximum absolute atomic E-state index is 16.1. The number of amides is 6. The van der Waals surface area contributed by atoms with E-state index in [1.807, 2.05) is 27.7 Å². The summed E-state index contributed by atoms with van der Waals surface area (Å²) in [4.78, 5) is 108. The average Bonchev–Trinajstić information content (AvgIpc) is 1.60. The maximum atomic E-state index is 16.1. The molecule has 21 nitrogen and oxygen atoms in total. The smallest absolute Gasteiger partial charge is 0.445 e. The van der Waals surface area contributed by atoms with Crippen molar-refractivity contribution in [3.05, 3.63) is 257 Å². The fraction of sp³-hybridized carbons (Fsp3) is 0.315. The number of hydrogen-bond donors (Lipinski definition) is 10. The number of aromatic nitrogens is 2. The Bertz CT molecular complexity index is 5240. The second-order valence-corrected chi connectivity index (χ2v) is 33.0. The molecule has 8 atom stereocenters. The summed E-state index contributed by atoms with van der Waals surface area (Å²) in [6, 6.07) is 35.2. The molecule has 0 radical (unpaired) electrons. The Morgan fingerprint density at radius 3 is 1.23 bits per heavy atom. The van der Waals surface area contributed by atoms with Gasteiger partial charge in [0.05, 0.1) is 43.1 Å². The molecule has 0 spiro atoms. The average molecular weight is 1760 g/mol. The molecule has 0 saturated carbocycles. The predicted molar refractivity (Wildman–Crippen MR) is 461 cm³/mol. The van der Waals surface area contributed by atoms with Crippen molar-refractivity contribution in [2.24, 2.45) is 23.3 Å². The van der Waals surface area contributed by atoms with E-state index >= 15 is 18.4 Å². The van der Waals surface area contributed by atoms with Crippen LogP contribution in [0, 0.1) is 35.1 Å². The third-order valence-electron chi connectivity index (χ3n) is 22.4. The van der Waals surface area contributed by atoms with Crippen LogP contribution in [0.15, 0.2) is 158 Å². The van der Waals surface area contributed by atoms with Crippen LogP contribution in [0.25, 0.3) is 44.1 Å². The Balaban J connectivity index is 0.718. The van der Waals surface area contributed by atoms with E-state index in [0.29, 0.717) is 99.2 Å². The standard InChI is InChI=1S/C89H88Cl4F4N10O11S2/c1-5-47(3)75(79(98)119)104-83(110)88(33-31-69-63(41-88)61-37-57(90)39-65(92)77(61)100-69)106-81(108)71(102-85(112)115-43-51-11-7-15-59(94)35-51)29-23-49-19-25-53(26-20-49)73-55(13-9-17-67(73)96)45-117-87(114)118-46-56-14-10-18-68(97)74(56)54-27-21-50(22-28-54)24-30-72(103-86(113)116-44-52-12-8-16-60(95)36-52)82(109)107-89(84(111)105-76(80(99)120)48(4)6-2)34-32-70-64(42-89)62-38-58(91)40-66(93)78(62)101-70/h7-22,25-28,35-40,47-48,71-72,75-76,100-101H,5-6,23-24,29-34,41-46H2,1-4H3,(H2,98,119)(H2,99,120)(H,102,112)(H,103,113)(H,104,110)(H,105,111)(H,106,108)(H,107,109)/t47-,48-,71-,72-,75-,76-,88+,89+/m0/s1. The second kappa shape index (κ2) is 39.1. The maximum Gasteiger partial charge on any atom is 0.508 e. The fourth-order valence-corrected chi connectivity index (χ4v) is 17.1. The third kappa shape index (κ3) is 21.1. The van der Waals surface area contributed by atoms with E-state index in [0.717, 1.165) is 11.4 Å². The van der Waals surface area contributed by atoms with Crippen LogP contribution < -0.4 is 43.4 Å². The van der Waals surface area contributed by atoms with Crippen LogP contribution in [0.1, 0.15) is 122 Å². The molecule has 12 N–H and O–H groups in total. The first-order chi connectivity index (χ1) is 57.4. The number of halogens is 8. The Kier molecular flexibility index (Phi) is 28.9. The highest BCUT2D eigenvalue weighted by Crippen LogP contribution is 2.42. The quantitative estimate of drug-likeness (QED) is 0.00811. The van der Waals surface area contributed by atoms with E-state index in [-0.39, 0.29) is 121 Å². The normalized spacial score (nSPS) is 16.4. The van der Waals surface area contributed by atoms with Gasteiger partial charge in [0.2, 0.25) is 23.6 Å². The molecule has 0 unspecified atom stereocenters. The number of rotatable bonds is 32. The van der Waals surface area contributed by atoms with Crippen LogP contribution in [0.3, 0.4) is 0 Å². The summed E-state index contributed by atoms with van der Waals surface area (Å²) in [5.41, 5.74) is 16.7. The highest BCUT2D eigenvalue weighted by atomic mass is 35.5. The van der Waals surface area contributed by atoms with Crippen molar-refractivity contribution in [1.82, 2.24) is 41.9 Å². The number of aromatic amines is 2. The van der Waals surface area contributed by atoms with E-state index in [1.54, 1.807) is 97.1 Å². The lowest BCUT2D eigenvalue weighted by molar-refractivity contribution is -0.135. The number of aryl methyl sites for hydroxylation is 4. The molecular formula is C89H88Cl4F4N10O11S2. The zero-order chi connectivity index (χ0) is 85.9. The number of carbonyl (C=O) groups excluding carboxylic acids is 7. The molecule has 0 saturated heterocycles. The minimum Gasteiger partial charge on any atom is -0.445 e. The van der Waals surface area contributed by atoms with Crippen molar-refractivity contribution in [3.8, 4) is 22.3 Å². The molecule has 0 aliphatic heterocycles. The van der Waals surface area contributed by atoms with Crippen molar-refractivity contribution in [1.29, 1.82) is 0 Å². The number of H-pyrrole nitrogens is 2. The van der Waals surface area contributed by atoms with Crippen LogP contribution in [0.2, 0.25) is 20.1 Å². The van der Waals surface area contributed by atoms with Gasteiger partial charge in [-0.15, -0.1) is 0 Å². The number of nitrogens with one attached hydrogen (secondary N) is 8. The molecule has 12 rings (SSSR count). The van der Waals surface area contributed by atoms with Gasteiger partial charge in [-0.05, 0) is 168 Å². The second-order valence-electron chi connectivity index (χ2n) is 30.4. The highest BCUT2D eigenvalue weighted by molar-refractivity contribution is 7.80. The molecule has 2 aliphatic carbocycles. The molecular weight excluding hydrogens is 1670 g/mol. The number of benzene rings is 8. The lowest BCUT2D eigenvalue weighted by Crippen LogP contribution is -2.66. The molecule has 8 aromatic carbocycles. The molecule has 10 aromatic rings. The minimum atomic E-state index is -1.65. The minimum absolute atomic E-state index is 0.0336. The van der Waals surface area contributed by atoms with Gasteiger partial charge in [-0.3, -0.25) is 19.2 Å². The lowest BCUT2D eigenvalue weighted by atomic mass is 9.78. The molecule has 6 amide bonds. The van der Waals surface area contributed by atoms with E-state index < -0.39 is 114 Å². The highest BCUT2D eigenvalue weighted by Gasteiger charge is 2.48. The summed E-state index contributed by atoms with van der Waals surface area (Å²) >= 11 is 37.3. The topological polar surface area (TPSA) is 312 Å². The molecule has 628 valence electrons. The van der Waals surface area contributed by atoms with Crippen LogP contribution in [-0.2, 0) is 103 Å². The van der Waals surface area contributed by atoms with Crippen molar-refractivity contribution in [2.75, 3.05) is 0 Å². The van der Waals surface area contributed by atoms with Crippen LogP contribution in [0.5, 0.6) is 0 Å². The Morgan fingerprint density at radius 2 is 0.867 bits per heavy atom. The van der Waals surface area contributed by atoms with Gasteiger partial charge in [0.15, 0.2) is 0 Å². The lowest BCUT2D eigenvalue weighted by Gasteiger charge is -2.39. The van der Waals surface area contributed by atoms with Crippen LogP contribution in [-0.4, -0.2) is 97.2 Å². The van der Waals surface area contributed by atoms with Gasteiger partial charge >= 0.3 is 18.3 Å². The zero-order valence-corrected chi connectivity index (χ0v) is 70.4. The summed E-state index contributed by atoms with van der Waals surface area (Å²) in [5, 5.41) is 20.2. The number of hydrogen-bond acceptors (Lipinski definition) is 13. The van der Waals surface area contributed by atoms with Crippen molar-refractivity contribution in [2.45, 2.75) is 166 Å². The molecule has 120 heavy (non-hydrogen) atoms. The first-order valence-corrected chi connectivity index (χ1v) is 41.4. The third-order valence-corrected chi connectivity index (χ3v) is 23.9. The number of alkyl carbamates (subject to hydrolysis) is 2. The summed E-state index contributed by atoms with van der Waals surface area (Å²) in [6.45, 7) is 6.02. The molecule has 2 aliphatic rings. The monoisotopic (exact) mass is 1750 g/mol. The van der Waals surface area contributed by atoms with E-state index in [9.17, 15) is 32.8 Å². The molecule has 0 fully saturated rings. The number of thiocarbonyl (C=S) groups is 2. The van der Waals surface area contributed by atoms with Gasteiger partial charge in [0, 0.05) is 67.3 Å². The number of ether oxygens (including phenoxy) is 4. The van der Waals surface area contributed by atoms with Gasteiger partial charge in [-0.2, -0.15) is 0 Å². The molecule has 31 heteroatoms. The Labute approximate surface area is 720 Å². The molecule has 2 heterocycles. The van der Waals surface area contributed by atoms with E-state index in [1.165, 1.54) is 60.7 Å². The van der Waals surface area contributed by atoms with Gasteiger partial charge in [0.25, 0.3) is 0 Å². The molecule has 2 aromatic heterocycles. The zero-order valence-electron chi connectivity index (χ0n) is 65.8. The molecule has 0 bridgehead atoms. The fourth-order valence-electron chi connectivity index (χ4n) is 15.4. The van der Waals surface area contributed by atoms with Crippen molar-refractivity contribution in [3.63, 3.8) is 0 Å². The first-order valence-electron chi connectivity index (χ1n) is 39.1. The number of fused-ring (bicyclic) bond motifs is 6. The number of carbonyl (C=O) groups is 7. The Hall–Kier alpha value is -10.8. The van der Waals surface area contributed by atoms with E-state index in [4.69, 9.17) is 101 Å². The van der Waals surface area contributed by atoms with E-state index in [2.05, 4.69) is 41.9 Å². The number of nitrogens with two attached hydrogens (primary N) is 2. The summed E-state index contributed by atoms with van der Waals surface area (Å²) in [5.74, 6) is -5.42. The summed E-state index contributed by atoms with van der Waals surface area (Å²) < 4.78 is 82.9. The predicted octanol–water partition coefficient (Wildman–Crippen LogP) is 17.2. The summed E-state index contributed by atoms with van der Waals surface area (Å²) in [6.07, 6.45) is -1.17. The first kappa shape index (κ1) is 88.5. The van der Waals surface area contributed by atoms with Crippen molar-refractivity contribution < 1.29 is 70.1 Å². The van der Waals surface area contributed by atoms with Gasteiger partial charge in [-0.25, -0.2) is 31.9 Å². The largest absolute Gasteiger partial charge is 0.508 e. The van der Waals surface area contributed by atoms with Crippen LogP contribution in [0.4, 0.5) is 31.9 Å². The summed E-state index contributed by atoms with van der Waals surface area (Å²) in [7, 11) is 0. The van der Waals surface area contributed by atoms with Gasteiger partial charge in [0.1, 0.15) is 72.9 Å². The SMILES string of the molecule is CC[C@H](C)[C@H](NC(=O)[C@@]1(NC(=O)[C@H](CCc2ccc(-c3c(F)cccc3COC(=O)OCc3cccc(F)c3-c3ccc(CC[C@H](NC(=O)OCc4cccc(F)c4)C(=O)N[C@]4(C(=O)N[C@H](C(N)=S)[C@@H](C)CC)CCc5[nH]c6c(Cl)cc(Cl)cc6c5C4)cc3)cc2)NC(=O)OCc2cccc(F)c2)CCc2[nH]c3c(Cl)cc(Cl)cc3c2C1)C(N)=S. The van der Waals surface area contributed by atoms with Gasteiger partial charge < -0.3 is 72.3 Å².